The largest absolute Gasteiger partial charge is 0.389 e. The smallest absolute Gasteiger partial charge is 0.0741 e. The molecule has 0 rings (SSSR count). The van der Waals surface area contributed by atoms with Crippen molar-refractivity contribution in [2.75, 3.05) is 6.54 Å². The molecule has 56 valence electrons. The minimum Gasteiger partial charge on any atom is -0.389 e. The van der Waals surface area contributed by atoms with Gasteiger partial charge >= 0.3 is 0 Å². The molecule has 0 saturated carbocycles. The van der Waals surface area contributed by atoms with Crippen LogP contribution in [0.15, 0.2) is 0 Å². The molecule has 3 N–H and O–H groups in total. The van der Waals surface area contributed by atoms with Crippen LogP contribution in [0.5, 0.6) is 0 Å². The maximum atomic E-state index is 9.33. The van der Waals surface area contributed by atoms with Gasteiger partial charge in [-0.2, -0.15) is 0 Å². The Kier molecular flexibility index (Phi) is 3.82. The van der Waals surface area contributed by atoms with Gasteiger partial charge in [0.25, 0.3) is 0 Å². The first-order valence-corrected chi connectivity index (χ1v) is 3.55. The Bertz CT molecular complexity index is 71.3. The van der Waals surface area contributed by atoms with E-state index in [1.165, 1.54) is 0 Å². The summed E-state index contributed by atoms with van der Waals surface area (Å²) in [5.41, 5.74) is 4.67. The highest BCUT2D eigenvalue weighted by Crippen LogP contribution is 2.10. The Balaban J connectivity index is 3.33. The number of aliphatic hydroxyl groups is 1. The van der Waals surface area contributed by atoms with Gasteiger partial charge in [-0.1, -0.05) is 19.8 Å². The fourth-order valence-electron chi connectivity index (χ4n) is 0.660. The molecule has 9 heavy (non-hydrogen) atoms. The molecule has 0 radical (unpaired) electrons. The van der Waals surface area contributed by atoms with Crippen LogP contribution < -0.4 is 5.73 Å². The molecule has 0 aromatic rings. The zero-order valence-corrected chi connectivity index (χ0v) is 6.35. The maximum absolute atomic E-state index is 9.33. The van der Waals surface area contributed by atoms with Crippen LogP contribution in [0.1, 0.15) is 33.1 Å². The van der Waals surface area contributed by atoms with Crippen LogP contribution in [0.4, 0.5) is 0 Å². The monoisotopic (exact) mass is 131 g/mol. The summed E-state index contributed by atoms with van der Waals surface area (Å²) in [6.07, 6.45) is 3.00. The summed E-state index contributed by atoms with van der Waals surface area (Å²) in [7, 11) is 0. The Morgan fingerprint density at radius 2 is 2.11 bits per heavy atom. The second kappa shape index (κ2) is 3.85. The average Bonchev–Trinajstić information content (AvgIpc) is 1.84. The van der Waals surface area contributed by atoms with Crippen LogP contribution >= 0.6 is 0 Å². The molecule has 0 heterocycles. The molecule has 0 spiro atoms. The molecule has 0 aromatic carbocycles. The van der Waals surface area contributed by atoms with Gasteiger partial charge in [0.2, 0.25) is 0 Å². The van der Waals surface area contributed by atoms with E-state index in [0.29, 0.717) is 6.54 Å². The Morgan fingerprint density at radius 1 is 1.56 bits per heavy atom. The van der Waals surface area contributed by atoms with Gasteiger partial charge in [0.05, 0.1) is 5.60 Å². The molecule has 2 nitrogen and oxygen atoms in total. The highest BCUT2D eigenvalue weighted by atomic mass is 16.3. The van der Waals surface area contributed by atoms with Crippen molar-refractivity contribution in [2.45, 2.75) is 38.7 Å². The quantitative estimate of drug-likeness (QED) is 0.595. The van der Waals surface area contributed by atoms with E-state index < -0.39 is 5.60 Å². The molecule has 0 amide bonds. The van der Waals surface area contributed by atoms with Crippen LogP contribution in [-0.2, 0) is 0 Å². The highest BCUT2D eigenvalue weighted by Gasteiger charge is 2.15. The minimum atomic E-state index is -0.629. The van der Waals surface area contributed by atoms with Crippen molar-refractivity contribution >= 4 is 0 Å². The summed E-state index contributed by atoms with van der Waals surface area (Å²) in [6, 6.07) is 0. The second-order valence-electron chi connectivity index (χ2n) is 2.80. The fourth-order valence-corrected chi connectivity index (χ4v) is 0.660. The predicted octanol–water partition coefficient (Wildman–Crippen LogP) is 0.886. The first-order chi connectivity index (χ1) is 4.12. The van der Waals surface area contributed by atoms with Crippen molar-refractivity contribution in [3.8, 4) is 0 Å². The third kappa shape index (κ3) is 4.43. The minimum absolute atomic E-state index is 0.368. The average molecular weight is 131 g/mol. The van der Waals surface area contributed by atoms with Crippen molar-refractivity contribution < 1.29 is 5.11 Å². The summed E-state index contributed by atoms with van der Waals surface area (Å²) in [4.78, 5) is 0. The summed E-state index contributed by atoms with van der Waals surface area (Å²) in [6.45, 7) is 4.25. The first-order valence-electron chi connectivity index (χ1n) is 3.55. The summed E-state index contributed by atoms with van der Waals surface area (Å²) >= 11 is 0. The lowest BCUT2D eigenvalue weighted by Gasteiger charge is -2.19. The van der Waals surface area contributed by atoms with Crippen molar-refractivity contribution in [2.24, 2.45) is 5.73 Å². The fraction of sp³-hybridized carbons (Fsp3) is 1.00. The van der Waals surface area contributed by atoms with Gasteiger partial charge in [0.1, 0.15) is 0 Å². The molecule has 0 unspecified atom stereocenters. The molecule has 0 aliphatic carbocycles. The summed E-state index contributed by atoms with van der Waals surface area (Å²) < 4.78 is 0. The Labute approximate surface area is 57.1 Å². The van der Waals surface area contributed by atoms with Gasteiger partial charge in [-0.05, 0) is 13.3 Å². The lowest BCUT2D eigenvalue weighted by atomic mass is 10.00. The van der Waals surface area contributed by atoms with E-state index in [-0.39, 0.29) is 0 Å². The van der Waals surface area contributed by atoms with Crippen molar-refractivity contribution in [1.82, 2.24) is 0 Å². The van der Waals surface area contributed by atoms with Gasteiger partial charge < -0.3 is 10.8 Å². The van der Waals surface area contributed by atoms with Crippen LogP contribution in [-0.4, -0.2) is 17.3 Å². The van der Waals surface area contributed by atoms with E-state index in [4.69, 9.17) is 5.73 Å². The van der Waals surface area contributed by atoms with E-state index in [2.05, 4.69) is 6.92 Å². The number of hydrogen-bond acceptors (Lipinski definition) is 2. The Morgan fingerprint density at radius 3 is 2.44 bits per heavy atom. The second-order valence-corrected chi connectivity index (χ2v) is 2.80. The number of unbranched alkanes of at least 4 members (excludes halogenated alkanes) is 1. The van der Waals surface area contributed by atoms with E-state index >= 15 is 0 Å². The molecule has 0 saturated heterocycles. The Hall–Kier alpha value is -0.0800. The standard InChI is InChI=1S/C7H17NO/c1-3-4-5-7(2,9)6-8/h9H,3-6,8H2,1-2H3/t7-/m1/s1. The molecule has 0 aliphatic rings. The van der Waals surface area contributed by atoms with Crippen LogP contribution in [0, 0.1) is 0 Å². The van der Waals surface area contributed by atoms with Crippen molar-refractivity contribution in [1.29, 1.82) is 0 Å². The van der Waals surface area contributed by atoms with Gasteiger partial charge in [0, 0.05) is 6.54 Å². The number of nitrogens with two attached hydrogens (primary N) is 1. The molecule has 1 atom stereocenters. The van der Waals surface area contributed by atoms with E-state index in [1.54, 1.807) is 6.92 Å². The van der Waals surface area contributed by atoms with Crippen LogP contribution in [0.3, 0.4) is 0 Å². The third-order valence-electron chi connectivity index (χ3n) is 1.51. The predicted molar refractivity (Wildman–Crippen MR) is 39.2 cm³/mol. The molecule has 0 aromatic heterocycles. The SMILES string of the molecule is CCCC[C@@](C)(O)CN. The zero-order valence-electron chi connectivity index (χ0n) is 6.35. The van der Waals surface area contributed by atoms with Gasteiger partial charge in [-0.15, -0.1) is 0 Å². The number of rotatable bonds is 4. The first kappa shape index (κ1) is 8.92. The van der Waals surface area contributed by atoms with Crippen molar-refractivity contribution in [3.63, 3.8) is 0 Å². The molecule has 0 fully saturated rings. The highest BCUT2D eigenvalue weighted by molar-refractivity contribution is 4.72. The molecular formula is C7H17NO. The third-order valence-corrected chi connectivity index (χ3v) is 1.51. The number of hydrogen-bond donors (Lipinski definition) is 2. The summed E-state index contributed by atoms with van der Waals surface area (Å²) in [5, 5.41) is 9.33. The van der Waals surface area contributed by atoms with Crippen LogP contribution in [0.2, 0.25) is 0 Å². The van der Waals surface area contributed by atoms with E-state index in [9.17, 15) is 5.11 Å². The maximum Gasteiger partial charge on any atom is 0.0741 e. The molecular weight excluding hydrogens is 114 g/mol. The molecule has 0 aliphatic heterocycles. The summed E-state index contributed by atoms with van der Waals surface area (Å²) in [5.74, 6) is 0. The molecule has 2 heteroatoms. The van der Waals surface area contributed by atoms with Gasteiger partial charge in [-0.25, -0.2) is 0 Å². The van der Waals surface area contributed by atoms with Gasteiger partial charge in [-0.3, -0.25) is 0 Å². The lowest BCUT2D eigenvalue weighted by molar-refractivity contribution is 0.0577. The molecule has 0 bridgehead atoms. The normalized spacial score (nSPS) is 17.3. The van der Waals surface area contributed by atoms with Gasteiger partial charge in [0.15, 0.2) is 0 Å². The van der Waals surface area contributed by atoms with E-state index in [0.717, 1.165) is 19.3 Å². The van der Waals surface area contributed by atoms with Crippen LogP contribution in [0.25, 0.3) is 0 Å². The van der Waals surface area contributed by atoms with Crippen molar-refractivity contribution in [3.05, 3.63) is 0 Å². The lowest BCUT2D eigenvalue weighted by Crippen LogP contribution is -2.33. The zero-order chi connectivity index (χ0) is 7.33. The topological polar surface area (TPSA) is 46.2 Å². The van der Waals surface area contributed by atoms with E-state index in [1.807, 2.05) is 0 Å².